The van der Waals surface area contributed by atoms with E-state index in [1.165, 1.54) is 0 Å². The molecule has 6 heteroatoms. The van der Waals surface area contributed by atoms with Gasteiger partial charge in [0.05, 0.1) is 15.7 Å². The van der Waals surface area contributed by atoms with Crippen LogP contribution in [0.3, 0.4) is 0 Å². The summed E-state index contributed by atoms with van der Waals surface area (Å²) in [6, 6.07) is 3.57. The number of amides is 1. The fourth-order valence-electron chi connectivity index (χ4n) is 1.90. The number of carbonyl (C=O) groups excluding carboxylic acids is 1. The molecule has 0 aliphatic carbocycles. The van der Waals surface area contributed by atoms with Gasteiger partial charge in [0.1, 0.15) is 0 Å². The lowest BCUT2D eigenvalue weighted by molar-refractivity contribution is -0.117. The Morgan fingerprint density at radius 2 is 2.12 bits per heavy atom. The monoisotopic (exact) mass is 336 g/mol. The first-order valence-electron chi connectivity index (χ1n) is 5.18. The van der Waals surface area contributed by atoms with Crippen LogP contribution < -0.4 is 10.6 Å². The molecule has 1 unspecified atom stereocenters. The third kappa shape index (κ3) is 2.45. The smallest absolute Gasteiger partial charge is 0.227 e. The van der Waals surface area contributed by atoms with Crippen LogP contribution in [0, 0.1) is 5.92 Å². The van der Waals surface area contributed by atoms with Gasteiger partial charge in [-0.05, 0) is 40.5 Å². The third-order valence-corrected chi connectivity index (χ3v) is 4.61. The molecule has 1 saturated heterocycles. The second kappa shape index (κ2) is 5.14. The van der Waals surface area contributed by atoms with Crippen molar-refractivity contribution >= 4 is 50.7 Å². The zero-order valence-corrected chi connectivity index (χ0v) is 12.0. The van der Waals surface area contributed by atoms with Gasteiger partial charge in [0.2, 0.25) is 5.91 Å². The first kappa shape index (κ1) is 13.1. The first-order chi connectivity index (χ1) is 8.04. The molecule has 1 amide bonds. The van der Waals surface area contributed by atoms with E-state index in [9.17, 15) is 4.79 Å². The number of hydrogen-bond donors (Lipinski definition) is 1. The van der Waals surface area contributed by atoms with E-state index >= 15 is 0 Å². The summed E-state index contributed by atoms with van der Waals surface area (Å²) in [5.41, 5.74) is 6.24. The number of benzene rings is 1. The van der Waals surface area contributed by atoms with Gasteiger partial charge in [-0.1, -0.05) is 23.2 Å². The zero-order chi connectivity index (χ0) is 12.6. The number of hydrogen-bond acceptors (Lipinski definition) is 2. The number of halogens is 3. The predicted molar refractivity (Wildman–Crippen MR) is 73.7 cm³/mol. The predicted octanol–water partition coefficient (Wildman–Crippen LogP) is 3.07. The Bertz CT molecular complexity index is 467. The van der Waals surface area contributed by atoms with Crippen molar-refractivity contribution < 1.29 is 4.79 Å². The van der Waals surface area contributed by atoms with E-state index in [0.29, 0.717) is 35.2 Å². The first-order valence-corrected chi connectivity index (χ1v) is 6.73. The van der Waals surface area contributed by atoms with Crippen molar-refractivity contribution in [1.29, 1.82) is 0 Å². The topological polar surface area (TPSA) is 46.3 Å². The zero-order valence-electron chi connectivity index (χ0n) is 8.92. The van der Waals surface area contributed by atoms with Crippen molar-refractivity contribution in [3.8, 4) is 0 Å². The van der Waals surface area contributed by atoms with Crippen LogP contribution in [0.15, 0.2) is 16.6 Å². The van der Waals surface area contributed by atoms with Gasteiger partial charge in [-0.15, -0.1) is 0 Å². The molecule has 1 fully saturated rings. The molecule has 0 spiro atoms. The Balaban J connectivity index is 2.35. The summed E-state index contributed by atoms with van der Waals surface area (Å²) in [6.45, 7) is 1.11. The van der Waals surface area contributed by atoms with Gasteiger partial charge in [0.15, 0.2) is 0 Å². The summed E-state index contributed by atoms with van der Waals surface area (Å²) in [6.07, 6.45) is 0.473. The molecule has 1 aliphatic heterocycles. The van der Waals surface area contributed by atoms with Crippen LogP contribution in [0.25, 0.3) is 0 Å². The van der Waals surface area contributed by atoms with Crippen molar-refractivity contribution in [2.45, 2.75) is 6.42 Å². The summed E-state index contributed by atoms with van der Waals surface area (Å²) < 4.78 is 0.718. The molecule has 1 atom stereocenters. The van der Waals surface area contributed by atoms with Gasteiger partial charge < -0.3 is 10.6 Å². The molecule has 0 saturated carbocycles. The maximum absolute atomic E-state index is 11.8. The second-order valence-electron chi connectivity index (χ2n) is 4.00. The lowest BCUT2D eigenvalue weighted by Gasteiger charge is -2.19. The van der Waals surface area contributed by atoms with Crippen LogP contribution in [0.5, 0.6) is 0 Å². The summed E-state index contributed by atoms with van der Waals surface area (Å²) in [7, 11) is 0. The van der Waals surface area contributed by atoms with Crippen LogP contribution in [0.4, 0.5) is 5.69 Å². The second-order valence-corrected chi connectivity index (χ2v) is 5.61. The minimum absolute atomic E-state index is 0.0424. The van der Waals surface area contributed by atoms with Crippen LogP contribution in [-0.2, 0) is 4.79 Å². The van der Waals surface area contributed by atoms with E-state index in [-0.39, 0.29) is 11.8 Å². The van der Waals surface area contributed by atoms with E-state index < -0.39 is 0 Å². The summed E-state index contributed by atoms with van der Waals surface area (Å²) in [5.74, 6) is 0.238. The average molecular weight is 338 g/mol. The van der Waals surface area contributed by atoms with E-state index in [4.69, 9.17) is 28.9 Å². The summed E-state index contributed by atoms with van der Waals surface area (Å²) in [5, 5.41) is 0.820. The highest BCUT2D eigenvalue weighted by Gasteiger charge is 2.31. The van der Waals surface area contributed by atoms with E-state index in [1.54, 1.807) is 17.0 Å². The number of nitrogens with zero attached hydrogens (tertiary/aromatic N) is 1. The van der Waals surface area contributed by atoms with Crippen molar-refractivity contribution in [3.63, 3.8) is 0 Å². The molecule has 0 aromatic heterocycles. The normalized spacial score (nSPS) is 20.1. The Morgan fingerprint density at radius 1 is 1.41 bits per heavy atom. The maximum Gasteiger partial charge on any atom is 0.227 e. The Labute approximate surface area is 118 Å². The Morgan fingerprint density at radius 3 is 2.71 bits per heavy atom. The summed E-state index contributed by atoms with van der Waals surface area (Å²) in [4.78, 5) is 13.5. The molecule has 3 nitrogen and oxygen atoms in total. The third-order valence-electron chi connectivity index (χ3n) is 2.84. The standard InChI is InChI=1S/C11H11BrCl2N2O/c12-7-1-2-8(11(14)10(7)13)16-5-6(4-15)3-9(16)17/h1-2,6H,3-5,15H2. The molecule has 0 bridgehead atoms. The van der Waals surface area contributed by atoms with Crippen LogP contribution >= 0.6 is 39.1 Å². The Hall–Kier alpha value is -0.290. The molecule has 17 heavy (non-hydrogen) atoms. The quantitative estimate of drug-likeness (QED) is 0.843. The van der Waals surface area contributed by atoms with Crippen molar-refractivity contribution in [1.82, 2.24) is 0 Å². The van der Waals surface area contributed by atoms with Crippen molar-refractivity contribution in [2.75, 3.05) is 18.0 Å². The van der Waals surface area contributed by atoms with Crippen LogP contribution in [-0.4, -0.2) is 19.0 Å². The fourth-order valence-corrected chi connectivity index (χ4v) is 2.77. The van der Waals surface area contributed by atoms with Gasteiger partial charge in [-0.2, -0.15) is 0 Å². The van der Waals surface area contributed by atoms with E-state index in [1.807, 2.05) is 0 Å². The van der Waals surface area contributed by atoms with Gasteiger partial charge in [0.25, 0.3) is 0 Å². The lowest BCUT2D eigenvalue weighted by atomic mass is 10.1. The highest BCUT2D eigenvalue weighted by Crippen LogP contribution is 2.39. The van der Waals surface area contributed by atoms with Crippen molar-refractivity contribution in [3.05, 3.63) is 26.7 Å². The molecular weight excluding hydrogens is 327 g/mol. The SMILES string of the molecule is NCC1CC(=O)N(c2ccc(Br)c(Cl)c2Cl)C1. The molecule has 2 rings (SSSR count). The number of anilines is 1. The van der Waals surface area contributed by atoms with Crippen LogP contribution in [0.1, 0.15) is 6.42 Å². The van der Waals surface area contributed by atoms with E-state index in [0.717, 1.165) is 4.47 Å². The number of carbonyl (C=O) groups is 1. The lowest BCUT2D eigenvalue weighted by Crippen LogP contribution is -2.26. The molecule has 1 heterocycles. The fraction of sp³-hybridized carbons (Fsp3) is 0.364. The molecule has 1 aromatic carbocycles. The largest absolute Gasteiger partial charge is 0.330 e. The number of rotatable bonds is 2. The minimum Gasteiger partial charge on any atom is -0.330 e. The highest BCUT2D eigenvalue weighted by molar-refractivity contribution is 9.10. The van der Waals surface area contributed by atoms with Gasteiger partial charge in [-0.3, -0.25) is 4.79 Å². The molecule has 2 N–H and O–H groups in total. The molecule has 1 aliphatic rings. The molecule has 92 valence electrons. The average Bonchev–Trinajstić information content (AvgIpc) is 2.68. The van der Waals surface area contributed by atoms with E-state index in [2.05, 4.69) is 15.9 Å². The van der Waals surface area contributed by atoms with Crippen LogP contribution in [0.2, 0.25) is 10.0 Å². The maximum atomic E-state index is 11.8. The van der Waals surface area contributed by atoms with Gasteiger partial charge in [-0.25, -0.2) is 0 Å². The molecular formula is C11H11BrCl2N2O. The number of nitrogens with two attached hydrogens (primary N) is 1. The van der Waals surface area contributed by atoms with Gasteiger partial charge >= 0.3 is 0 Å². The minimum atomic E-state index is 0.0424. The molecule has 1 aromatic rings. The summed E-state index contributed by atoms with van der Waals surface area (Å²) >= 11 is 15.5. The van der Waals surface area contributed by atoms with Gasteiger partial charge in [0, 0.05) is 17.4 Å². The molecule has 0 radical (unpaired) electrons. The Kier molecular flexibility index (Phi) is 3.98. The highest BCUT2D eigenvalue weighted by atomic mass is 79.9. The van der Waals surface area contributed by atoms with Crippen molar-refractivity contribution in [2.24, 2.45) is 11.7 Å².